The van der Waals surface area contributed by atoms with Gasteiger partial charge in [0.15, 0.2) is 0 Å². The Hall–Kier alpha value is -0.0800. The highest BCUT2D eigenvalue weighted by Crippen LogP contribution is 2.37. The van der Waals surface area contributed by atoms with Crippen LogP contribution in [-0.4, -0.2) is 24.4 Å². The molecule has 0 aromatic carbocycles. The number of rotatable bonds is 3. The van der Waals surface area contributed by atoms with E-state index in [0.717, 1.165) is 25.6 Å². The molecule has 1 aliphatic heterocycles. The standard InChI is InChI=1S/C13H24O2/c1-2-10-5-3-4-6-12(10)13(14)11-7-8-15-9-11/h10-14H,2-9H2,1H3. The normalized spacial score (nSPS) is 39.2. The molecule has 15 heavy (non-hydrogen) atoms. The molecule has 0 aromatic heterocycles. The Kier molecular flexibility index (Phi) is 4.04. The van der Waals surface area contributed by atoms with Crippen LogP contribution in [0.5, 0.6) is 0 Å². The van der Waals surface area contributed by atoms with E-state index in [0.29, 0.717) is 11.8 Å². The first-order valence-corrected chi connectivity index (χ1v) is 6.58. The highest BCUT2D eigenvalue weighted by Gasteiger charge is 2.35. The summed E-state index contributed by atoms with van der Waals surface area (Å²) in [5, 5.41) is 10.4. The van der Waals surface area contributed by atoms with Gasteiger partial charge in [-0.3, -0.25) is 0 Å². The van der Waals surface area contributed by atoms with Crippen LogP contribution in [0.3, 0.4) is 0 Å². The average molecular weight is 212 g/mol. The molecule has 1 saturated heterocycles. The first-order valence-electron chi connectivity index (χ1n) is 6.58. The molecule has 1 saturated carbocycles. The second kappa shape index (κ2) is 5.31. The molecule has 0 spiro atoms. The third kappa shape index (κ3) is 2.54. The van der Waals surface area contributed by atoms with Crippen LogP contribution in [0, 0.1) is 17.8 Å². The minimum atomic E-state index is -0.0993. The molecule has 0 bridgehead atoms. The molecular formula is C13H24O2. The van der Waals surface area contributed by atoms with Crippen molar-refractivity contribution < 1.29 is 9.84 Å². The van der Waals surface area contributed by atoms with Crippen molar-refractivity contribution in [2.24, 2.45) is 17.8 Å². The van der Waals surface area contributed by atoms with Crippen molar-refractivity contribution in [3.8, 4) is 0 Å². The van der Waals surface area contributed by atoms with Crippen molar-refractivity contribution in [2.45, 2.75) is 51.6 Å². The van der Waals surface area contributed by atoms with E-state index in [1.165, 1.54) is 32.1 Å². The van der Waals surface area contributed by atoms with Gasteiger partial charge in [0.1, 0.15) is 0 Å². The van der Waals surface area contributed by atoms with E-state index >= 15 is 0 Å². The van der Waals surface area contributed by atoms with Crippen LogP contribution < -0.4 is 0 Å². The molecule has 2 nitrogen and oxygen atoms in total. The van der Waals surface area contributed by atoms with E-state index in [2.05, 4.69) is 6.92 Å². The van der Waals surface area contributed by atoms with Gasteiger partial charge in [-0.25, -0.2) is 0 Å². The zero-order valence-electron chi connectivity index (χ0n) is 9.82. The topological polar surface area (TPSA) is 29.5 Å². The van der Waals surface area contributed by atoms with E-state index in [1.807, 2.05) is 0 Å². The third-order valence-corrected chi connectivity index (χ3v) is 4.38. The molecule has 0 amide bonds. The predicted molar refractivity (Wildman–Crippen MR) is 60.7 cm³/mol. The van der Waals surface area contributed by atoms with Crippen molar-refractivity contribution in [3.63, 3.8) is 0 Å². The van der Waals surface area contributed by atoms with Crippen LogP contribution in [0.4, 0.5) is 0 Å². The summed E-state index contributed by atoms with van der Waals surface area (Å²) in [7, 11) is 0. The van der Waals surface area contributed by atoms with Gasteiger partial charge in [-0.15, -0.1) is 0 Å². The minimum Gasteiger partial charge on any atom is -0.392 e. The van der Waals surface area contributed by atoms with E-state index in [9.17, 15) is 5.11 Å². The van der Waals surface area contributed by atoms with Crippen LogP contribution in [-0.2, 0) is 4.74 Å². The fraction of sp³-hybridized carbons (Fsp3) is 1.00. The molecule has 2 fully saturated rings. The Morgan fingerprint density at radius 1 is 1.27 bits per heavy atom. The Morgan fingerprint density at radius 3 is 2.73 bits per heavy atom. The Morgan fingerprint density at radius 2 is 2.07 bits per heavy atom. The van der Waals surface area contributed by atoms with Gasteiger partial charge in [-0.2, -0.15) is 0 Å². The smallest absolute Gasteiger partial charge is 0.0622 e. The van der Waals surface area contributed by atoms with Gasteiger partial charge in [0.2, 0.25) is 0 Å². The lowest BCUT2D eigenvalue weighted by Crippen LogP contribution is -2.36. The summed E-state index contributed by atoms with van der Waals surface area (Å²) in [5.41, 5.74) is 0. The van der Waals surface area contributed by atoms with Gasteiger partial charge in [0.25, 0.3) is 0 Å². The molecule has 2 heteroatoms. The molecule has 1 heterocycles. The summed E-state index contributed by atoms with van der Waals surface area (Å²) in [6.45, 7) is 3.90. The van der Waals surface area contributed by atoms with Gasteiger partial charge in [0, 0.05) is 12.5 Å². The van der Waals surface area contributed by atoms with E-state index < -0.39 is 0 Å². The molecule has 1 N–H and O–H groups in total. The van der Waals surface area contributed by atoms with Crippen molar-refractivity contribution >= 4 is 0 Å². The van der Waals surface area contributed by atoms with Crippen molar-refractivity contribution in [1.29, 1.82) is 0 Å². The highest BCUT2D eigenvalue weighted by atomic mass is 16.5. The van der Waals surface area contributed by atoms with Crippen molar-refractivity contribution in [1.82, 2.24) is 0 Å². The van der Waals surface area contributed by atoms with Crippen LogP contribution in [0.1, 0.15) is 45.4 Å². The lowest BCUT2D eigenvalue weighted by atomic mass is 9.72. The maximum atomic E-state index is 10.4. The zero-order chi connectivity index (χ0) is 10.7. The highest BCUT2D eigenvalue weighted by molar-refractivity contribution is 4.85. The van der Waals surface area contributed by atoms with Crippen LogP contribution in [0.15, 0.2) is 0 Å². The zero-order valence-corrected chi connectivity index (χ0v) is 9.82. The number of ether oxygens (including phenoxy) is 1. The van der Waals surface area contributed by atoms with Crippen molar-refractivity contribution in [2.75, 3.05) is 13.2 Å². The van der Waals surface area contributed by atoms with Crippen LogP contribution >= 0.6 is 0 Å². The summed E-state index contributed by atoms with van der Waals surface area (Å²) >= 11 is 0. The lowest BCUT2D eigenvalue weighted by Gasteiger charge is -2.36. The SMILES string of the molecule is CCC1CCCCC1C(O)C1CCOC1. The quantitative estimate of drug-likeness (QED) is 0.779. The second-order valence-corrected chi connectivity index (χ2v) is 5.23. The van der Waals surface area contributed by atoms with Crippen molar-refractivity contribution in [3.05, 3.63) is 0 Å². The van der Waals surface area contributed by atoms with Crippen LogP contribution in [0.25, 0.3) is 0 Å². The Labute approximate surface area is 93.0 Å². The number of hydrogen-bond acceptors (Lipinski definition) is 2. The summed E-state index contributed by atoms with van der Waals surface area (Å²) in [5.74, 6) is 1.73. The summed E-state index contributed by atoms with van der Waals surface area (Å²) in [6, 6.07) is 0. The van der Waals surface area contributed by atoms with Gasteiger partial charge in [0.05, 0.1) is 12.7 Å². The van der Waals surface area contributed by atoms with Gasteiger partial charge in [-0.1, -0.05) is 32.6 Å². The first kappa shape index (κ1) is 11.4. The Bertz CT molecular complexity index is 187. The van der Waals surface area contributed by atoms with E-state index in [4.69, 9.17) is 4.74 Å². The largest absolute Gasteiger partial charge is 0.392 e. The molecule has 1 aliphatic carbocycles. The van der Waals surface area contributed by atoms with E-state index in [1.54, 1.807) is 0 Å². The number of aliphatic hydroxyl groups excluding tert-OH is 1. The summed E-state index contributed by atoms with van der Waals surface area (Å²) in [6.07, 6.45) is 7.43. The first-order chi connectivity index (χ1) is 7.33. The maximum absolute atomic E-state index is 10.4. The monoisotopic (exact) mass is 212 g/mol. The number of hydrogen-bond donors (Lipinski definition) is 1. The fourth-order valence-electron chi connectivity index (χ4n) is 3.36. The predicted octanol–water partition coefficient (Wildman–Crippen LogP) is 2.60. The lowest BCUT2D eigenvalue weighted by molar-refractivity contribution is 0.000361. The molecule has 4 unspecified atom stereocenters. The second-order valence-electron chi connectivity index (χ2n) is 5.23. The Balaban J connectivity index is 1.93. The third-order valence-electron chi connectivity index (χ3n) is 4.38. The van der Waals surface area contributed by atoms with E-state index in [-0.39, 0.29) is 6.10 Å². The fourth-order valence-corrected chi connectivity index (χ4v) is 3.36. The van der Waals surface area contributed by atoms with Gasteiger partial charge >= 0.3 is 0 Å². The van der Waals surface area contributed by atoms with Crippen LogP contribution in [0.2, 0.25) is 0 Å². The molecule has 2 aliphatic rings. The maximum Gasteiger partial charge on any atom is 0.0622 e. The van der Waals surface area contributed by atoms with Gasteiger partial charge < -0.3 is 9.84 Å². The average Bonchev–Trinajstić information content (AvgIpc) is 2.81. The molecule has 4 atom stereocenters. The molecular weight excluding hydrogens is 188 g/mol. The summed E-state index contributed by atoms with van der Waals surface area (Å²) in [4.78, 5) is 0. The minimum absolute atomic E-state index is 0.0993. The molecule has 88 valence electrons. The molecule has 0 aromatic rings. The molecule has 0 radical (unpaired) electrons. The molecule has 2 rings (SSSR count). The van der Waals surface area contributed by atoms with Gasteiger partial charge in [-0.05, 0) is 24.7 Å². The number of aliphatic hydroxyl groups is 1. The summed E-state index contributed by atoms with van der Waals surface area (Å²) < 4.78 is 5.38.